The van der Waals surface area contributed by atoms with Crippen LogP contribution in [0.4, 0.5) is 0 Å². The number of rotatable bonds is 8. The van der Waals surface area contributed by atoms with Crippen LogP contribution in [0.15, 0.2) is 33.7 Å². The highest BCUT2D eigenvalue weighted by Crippen LogP contribution is 2.27. The molecule has 1 aliphatic heterocycles. The molecule has 2 atom stereocenters. The number of hydrogen-bond donors (Lipinski definition) is 0. The van der Waals surface area contributed by atoms with Crippen LogP contribution in [0.25, 0.3) is 0 Å². The summed E-state index contributed by atoms with van der Waals surface area (Å²) in [6.45, 7) is 5.35. The molecular formula is C20H25N3O6S2. The quantitative estimate of drug-likeness (QED) is 0.425. The number of sulfone groups is 1. The molecule has 0 spiro atoms. The molecule has 0 bridgehead atoms. The van der Waals surface area contributed by atoms with Crippen molar-refractivity contribution in [1.29, 1.82) is 0 Å². The maximum absolute atomic E-state index is 12.9. The molecular weight excluding hydrogens is 442 g/mol. The highest BCUT2D eigenvalue weighted by Gasteiger charge is 2.36. The normalized spacial score (nSPS) is 18.5. The molecule has 3 rings (SSSR count). The van der Waals surface area contributed by atoms with Crippen LogP contribution in [-0.2, 0) is 25.1 Å². The van der Waals surface area contributed by atoms with Gasteiger partial charge in [0.15, 0.2) is 21.8 Å². The van der Waals surface area contributed by atoms with Crippen LogP contribution in [0, 0.1) is 6.92 Å². The summed E-state index contributed by atoms with van der Waals surface area (Å²) in [5.74, 6) is 0.358. The van der Waals surface area contributed by atoms with Crippen molar-refractivity contribution < 1.29 is 27.3 Å². The molecule has 0 saturated carbocycles. The number of aromatic nitrogens is 2. The Balaban J connectivity index is 1.65. The highest BCUT2D eigenvalue weighted by atomic mass is 32.2. The fraction of sp³-hybridized carbons (Fsp3) is 0.500. The minimum atomic E-state index is -3.13. The SMILES string of the molecule is CCN(C(=O)[C@@H](C)OC(=O)c1ccccc1SCc1nc(C)no1)[C@H]1CCS(=O)(=O)C1. The number of amides is 1. The summed E-state index contributed by atoms with van der Waals surface area (Å²) in [6, 6.07) is 6.53. The van der Waals surface area contributed by atoms with Gasteiger partial charge in [0, 0.05) is 17.5 Å². The molecule has 11 heteroatoms. The lowest BCUT2D eigenvalue weighted by molar-refractivity contribution is -0.141. The predicted molar refractivity (Wildman–Crippen MR) is 114 cm³/mol. The first-order chi connectivity index (χ1) is 14.7. The zero-order valence-corrected chi connectivity index (χ0v) is 19.2. The van der Waals surface area contributed by atoms with Crippen molar-refractivity contribution in [1.82, 2.24) is 15.0 Å². The lowest BCUT2D eigenvalue weighted by Gasteiger charge is -2.29. The second-order valence-corrected chi connectivity index (χ2v) is 10.5. The third kappa shape index (κ3) is 5.85. The fourth-order valence-corrected chi connectivity index (χ4v) is 6.03. The molecule has 0 radical (unpaired) electrons. The van der Waals surface area contributed by atoms with E-state index in [2.05, 4.69) is 10.1 Å². The monoisotopic (exact) mass is 467 g/mol. The van der Waals surface area contributed by atoms with Gasteiger partial charge in [-0.2, -0.15) is 4.98 Å². The Morgan fingerprint density at radius 3 is 2.71 bits per heavy atom. The summed E-state index contributed by atoms with van der Waals surface area (Å²) in [7, 11) is -3.13. The zero-order chi connectivity index (χ0) is 22.6. The Hall–Kier alpha value is -2.40. The molecule has 9 nitrogen and oxygen atoms in total. The number of hydrogen-bond acceptors (Lipinski definition) is 9. The number of thioether (sulfide) groups is 1. The summed E-state index contributed by atoms with van der Waals surface area (Å²) in [5.41, 5.74) is 0.329. The molecule has 2 heterocycles. The van der Waals surface area contributed by atoms with Crippen LogP contribution >= 0.6 is 11.8 Å². The largest absolute Gasteiger partial charge is 0.449 e. The Morgan fingerprint density at radius 2 is 2.10 bits per heavy atom. The van der Waals surface area contributed by atoms with Crippen LogP contribution in [0.1, 0.15) is 42.3 Å². The summed E-state index contributed by atoms with van der Waals surface area (Å²) < 4.78 is 34.1. The van der Waals surface area contributed by atoms with Crippen molar-refractivity contribution in [2.75, 3.05) is 18.1 Å². The summed E-state index contributed by atoms with van der Waals surface area (Å²) in [5, 5.41) is 3.74. The second-order valence-electron chi connectivity index (χ2n) is 7.25. The molecule has 31 heavy (non-hydrogen) atoms. The van der Waals surface area contributed by atoms with Gasteiger partial charge in [-0.25, -0.2) is 13.2 Å². The van der Waals surface area contributed by atoms with E-state index in [0.717, 1.165) is 0 Å². The van der Waals surface area contributed by atoms with E-state index in [-0.39, 0.29) is 17.5 Å². The first kappa shape index (κ1) is 23.3. The average molecular weight is 468 g/mol. The molecule has 2 aromatic rings. The van der Waals surface area contributed by atoms with Gasteiger partial charge >= 0.3 is 5.97 Å². The Morgan fingerprint density at radius 1 is 1.35 bits per heavy atom. The van der Waals surface area contributed by atoms with Crippen molar-refractivity contribution >= 4 is 33.5 Å². The number of benzene rings is 1. The molecule has 1 fully saturated rings. The molecule has 1 aromatic heterocycles. The average Bonchev–Trinajstić information content (AvgIpc) is 3.31. The Kier molecular flexibility index (Phi) is 7.37. The smallest absolute Gasteiger partial charge is 0.340 e. The topological polar surface area (TPSA) is 120 Å². The number of likely N-dealkylation sites (N-methyl/N-ethyl adjacent to an activating group) is 1. The number of carbonyl (C=O) groups excluding carboxylic acids is 2. The first-order valence-electron chi connectivity index (χ1n) is 9.93. The van der Waals surface area contributed by atoms with E-state index in [1.54, 1.807) is 38.1 Å². The number of nitrogens with zero attached hydrogens (tertiary/aromatic N) is 3. The molecule has 1 aromatic carbocycles. The van der Waals surface area contributed by atoms with Gasteiger partial charge in [0.25, 0.3) is 5.91 Å². The van der Waals surface area contributed by atoms with E-state index in [4.69, 9.17) is 9.26 Å². The molecule has 0 aliphatic carbocycles. The van der Waals surface area contributed by atoms with Gasteiger partial charge in [-0.05, 0) is 39.3 Å². The van der Waals surface area contributed by atoms with E-state index >= 15 is 0 Å². The molecule has 1 amide bonds. The molecule has 168 valence electrons. The maximum Gasteiger partial charge on any atom is 0.340 e. The van der Waals surface area contributed by atoms with Crippen molar-refractivity contribution in [3.8, 4) is 0 Å². The van der Waals surface area contributed by atoms with Crippen LogP contribution < -0.4 is 0 Å². The number of aryl methyl sites for hydroxylation is 1. The van der Waals surface area contributed by atoms with Crippen molar-refractivity contribution in [3.63, 3.8) is 0 Å². The van der Waals surface area contributed by atoms with Gasteiger partial charge in [0.2, 0.25) is 5.89 Å². The van der Waals surface area contributed by atoms with E-state index in [0.29, 0.717) is 40.9 Å². The van der Waals surface area contributed by atoms with Crippen molar-refractivity contribution in [2.24, 2.45) is 0 Å². The van der Waals surface area contributed by atoms with Crippen LogP contribution in [0.3, 0.4) is 0 Å². The third-order valence-corrected chi connectivity index (χ3v) is 7.74. The summed E-state index contributed by atoms with van der Waals surface area (Å²) in [6.07, 6.45) is -0.635. The lowest BCUT2D eigenvalue weighted by atomic mass is 10.2. The van der Waals surface area contributed by atoms with Crippen LogP contribution in [-0.4, -0.2) is 65.5 Å². The number of ether oxygens (including phenoxy) is 1. The van der Waals surface area contributed by atoms with Gasteiger partial charge < -0.3 is 14.2 Å². The minimum absolute atomic E-state index is 0.0537. The minimum Gasteiger partial charge on any atom is -0.449 e. The number of carbonyl (C=O) groups is 2. The molecule has 1 saturated heterocycles. The lowest BCUT2D eigenvalue weighted by Crippen LogP contribution is -2.46. The Bertz CT molecular complexity index is 1050. The predicted octanol–water partition coefficient (Wildman–Crippen LogP) is 2.25. The second kappa shape index (κ2) is 9.82. The maximum atomic E-state index is 12.9. The van der Waals surface area contributed by atoms with E-state index < -0.39 is 27.8 Å². The third-order valence-electron chi connectivity index (χ3n) is 4.93. The van der Waals surface area contributed by atoms with E-state index in [9.17, 15) is 18.0 Å². The van der Waals surface area contributed by atoms with Gasteiger partial charge in [0.05, 0.1) is 22.8 Å². The zero-order valence-electron chi connectivity index (χ0n) is 17.6. The van der Waals surface area contributed by atoms with Crippen LogP contribution in [0.2, 0.25) is 0 Å². The first-order valence-corrected chi connectivity index (χ1v) is 12.7. The van der Waals surface area contributed by atoms with Gasteiger partial charge in [0.1, 0.15) is 0 Å². The molecule has 1 aliphatic rings. The van der Waals surface area contributed by atoms with Crippen molar-refractivity contribution in [2.45, 2.75) is 50.0 Å². The highest BCUT2D eigenvalue weighted by molar-refractivity contribution is 7.98. The van der Waals surface area contributed by atoms with Crippen LogP contribution in [0.5, 0.6) is 0 Å². The van der Waals surface area contributed by atoms with Gasteiger partial charge in [-0.1, -0.05) is 17.3 Å². The molecule has 0 unspecified atom stereocenters. The standard InChI is InChI=1S/C20H25N3O6S2/c1-4-23(15-9-10-31(26,27)12-15)19(24)13(2)28-20(25)16-7-5-6-8-17(16)30-11-18-21-14(3)22-29-18/h5-8,13,15H,4,9-12H2,1-3H3/t13-,15+/m1/s1. The summed E-state index contributed by atoms with van der Waals surface area (Å²) >= 11 is 1.35. The van der Waals surface area contributed by atoms with Crippen molar-refractivity contribution in [3.05, 3.63) is 41.5 Å². The van der Waals surface area contributed by atoms with Gasteiger partial charge in [-0.3, -0.25) is 4.79 Å². The molecule has 0 N–H and O–H groups in total. The summed E-state index contributed by atoms with van der Waals surface area (Å²) in [4.78, 5) is 31.9. The fourth-order valence-electron chi connectivity index (χ4n) is 3.42. The Labute approximate surface area is 185 Å². The number of esters is 1. The van der Waals surface area contributed by atoms with Gasteiger partial charge in [-0.15, -0.1) is 11.8 Å². The van der Waals surface area contributed by atoms with E-state index in [1.807, 2.05) is 0 Å². The van der Waals surface area contributed by atoms with E-state index in [1.165, 1.54) is 23.6 Å².